The average Bonchev–Trinajstić information content (AvgIpc) is 2.80. The summed E-state index contributed by atoms with van der Waals surface area (Å²) in [6, 6.07) is 1.42. The Morgan fingerprint density at radius 3 is 2.75 bits per heavy atom. The van der Waals surface area contributed by atoms with Gasteiger partial charge in [0.15, 0.2) is 5.16 Å². The summed E-state index contributed by atoms with van der Waals surface area (Å²) in [4.78, 5) is 34.6. The molecule has 0 aromatic carbocycles. The van der Waals surface area contributed by atoms with Crippen LogP contribution in [-0.4, -0.2) is 42.4 Å². The highest BCUT2D eigenvalue weighted by Gasteiger charge is 2.15. The number of nitrogens with zero attached hydrogens (tertiary/aromatic N) is 4. The minimum atomic E-state index is -0.342. The van der Waals surface area contributed by atoms with E-state index in [9.17, 15) is 9.59 Å². The topological polar surface area (TPSA) is 106 Å². The molecule has 2 N–H and O–H groups in total. The van der Waals surface area contributed by atoms with Crippen molar-refractivity contribution < 1.29 is 4.79 Å². The molecule has 1 atom stereocenters. The zero-order valence-corrected chi connectivity index (χ0v) is 15.1. The van der Waals surface area contributed by atoms with Crippen LogP contribution in [0.3, 0.4) is 0 Å². The van der Waals surface area contributed by atoms with E-state index in [0.29, 0.717) is 23.9 Å². The molecule has 0 unspecified atom stereocenters. The van der Waals surface area contributed by atoms with E-state index in [-0.39, 0.29) is 16.7 Å². The first-order valence-corrected chi connectivity index (χ1v) is 8.63. The summed E-state index contributed by atoms with van der Waals surface area (Å²) in [6.07, 6.45) is 0.770. The summed E-state index contributed by atoms with van der Waals surface area (Å²) < 4.78 is 1.83. The van der Waals surface area contributed by atoms with Crippen molar-refractivity contribution in [3.63, 3.8) is 0 Å². The smallest absolute Gasteiger partial charge is 0.251 e. The summed E-state index contributed by atoms with van der Waals surface area (Å²) in [5.74, 6) is 1.54. The van der Waals surface area contributed by atoms with Gasteiger partial charge in [0.05, 0.1) is 5.25 Å². The first-order chi connectivity index (χ1) is 11.3. The molecule has 0 aliphatic rings. The average molecular weight is 350 g/mol. The van der Waals surface area contributed by atoms with Crippen LogP contribution in [0.5, 0.6) is 0 Å². The molecule has 0 aliphatic heterocycles. The largest absolute Gasteiger partial charge is 0.355 e. The monoisotopic (exact) mass is 350 g/mol. The number of aromatic amines is 1. The Balaban J connectivity index is 1.77. The van der Waals surface area contributed by atoms with Crippen LogP contribution < -0.4 is 10.9 Å². The Morgan fingerprint density at radius 2 is 2.12 bits per heavy atom. The number of rotatable bonds is 7. The summed E-state index contributed by atoms with van der Waals surface area (Å²) in [6.45, 7) is 8.56. The first kappa shape index (κ1) is 18.2. The Hall–Kier alpha value is -2.16. The number of amides is 1. The molecule has 2 heterocycles. The molecule has 130 valence electrons. The number of H-pyrrole nitrogens is 1. The molecule has 9 heteroatoms. The van der Waals surface area contributed by atoms with E-state index in [1.807, 2.05) is 18.5 Å². The van der Waals surface area contributed by atoms with Crippen molar-refractivity contribution in [2.75, 3.05) is 6.54 Å². The fourth-order valence-electron chi connectivity index (χ4n) is 2.19. The second-order valence-electron chi connectivity index (χ2n) is 5.53. The molecule has 1 amide bonds. The van der Waals surface area contributed by atoms with E-state index < -0.39 is 0 Å². The molecule has 2 rings (SSSR count). The van der Waals surface area contributed by atoms with Gasteiger partial charge in [-0.2, -0.15) is 5.10 Å². The predicted octanol–water partition coefficient (Wildman–Crippen LogP) is 0.974. The Morgan fingerprint density at radius 1 is 1.38 bits per heavy atom. The number of nitrogens with one attached hydrogen (secondary N) is 2. The van der Waals surface area contributed by atoms with Crippen molar-refractivity contribution in [1.82, 2.24) is 30.0 Å². The van der Waals surface area contributed by atoms with Crippen LogP contribution in [0, 0.1) is 20.8 Å². The van der Waals surface area contributed by atoms with Crippen molar-refractivity contribution in [1.29, 1.82) is 0 Å². The second-order valence-corrected chi connectivity index (χ2v) is 6.86. The number of thioether (sulfide) groups is 1. The molecule has 24 heavy (non-hydrogen) atoms. The lowest BCUT2D eigenvalue weighted by molar-refractivity contribution is -0.120. The summed E-state index contributed by atoms with van der Waals surface area (Å²) in [7, 11) is 0. The third-order valence-electron chi connectivity index (χ3n) is 3.31. The van der Waals surface area contributed by atoms with Crippen LogP contribution >= 0.6 is 11.8 Å². The van der Waals surface area contributed by atoms with E-state index in [0.717, 1.165) is 18.1 Å². The van der Waals surface area contributed by atoms with Gasteiger partial charge in [0, 0.05) is 24.8 Å². The molecule has 0 saturated heterocycles. The van der Waals surface area contributed by atoms with E-state index in [1.54, 1.807) is 13.8 Å². The molecule has 0 bridgehead atoms. The zero-order chi connectivity index (χ0) is 17.7. The normalized spacial score (nSPS) is 12.2. The van der Waals surface area contributed by atoms with Crippen LogP contribution in [0.25, 0.3) is 0 Å². The molecule has 2 aromatic heterocycles. The van der Waals surface area contributed by atoms with E-state index in [4.69, 9.17) is 0 Å². The van der Waals surface area contributed by atoms with Gasteiger partial charge in [0.2, 0.25) is 5.91 Å². The van der Waals surface area contributed by atoms with Crippen LogP contribution in [0.2, 0.25) is 0 Å². The van der Waals surface area contributed by atoms with Crippen LogP contribution in [-0.2, 0) is 11.3 Å². The summed E-state index contributed by atoms with van der Waals surface area (Å²) >= 11 is 1.23. The highest BCUT2D eigenvalue weighted by molar-refractivity contribution is 8.00. The maximum absolute atomic E-state index is 12.1. The SMILES string of the molecule is Cc1cc(=O)[nH]c(S[C@@H](C)C(=O)NCCCn2nc(C)nc2C)n1. The summed E-state index contributed by atoms with van der Waals surface area (Å²) in [5.41, 5.74) is 0.420. The Labute approximate surface area is 144 Å². The molecular formula is C15H22N6O2S. The quantitative estimate of drug-likeness (QED) is 0.438. The zero-order valence-electron chi connectivity index (χ0n) is 14.3. The lowest BCUT2D eigenvalue weighted by atomic mass is 10.4. The van der Waals surface area contributed by atoms with Crippen molar-refractivity contribution in [2.24, 2.45) is 0 Å². The number of aryl methyl sites for hydroxylation is 4. The van der Waals surface area contributed by atoms with Gasteiger partial charge in [0.25, 0.3) is 5.56 Å². The van der Waals surface area contributed by atoms with Gasteiger partial charge in [-0.15, -0.1) is 0 Å². The van der Waals surface area contributed by atoms with Gasteiger partial charge in [-0.05, 0) is 34.1 Å². The van der Waals surface area contributed by atoms with E-state index in [1.165, 1.54) is 17.8 Å². The highest BCUT2D eigenvalue weighted by Crippen LogP contribution is 2.18. The lowest BCUT2D eigenvalue weighted by Gasteiger charge is -2.11. The molecular weight excluding hydrogens is 328 g/mol. The standard InChI is InChI=1S/C15H22N6O2S/c1-9-8-13(22)19-15(17-9)24-10(2)14(23)16-6-5-7-21-12(4)18-11(3)20-21/h8,10H,5-7H2,1-4H3,(H,16,23)(H,17,19,22)/t10-/m0/s1. The Kier molecular flexibility index (Phi) is 6.13. The first-order valence-electron chi connectivity index (χ1n) is 7.75. The summed E-state index contributed by atoms with van der Waals surface area (Å²) in [5, 5.41) is 7.28. The van der Waals surface area contributed by atoms with Crippen molar-refractivity contribution in [3.8, 4) is 0 Å². The molecule has 2 aromatic rings. The third-order valence-corrected chi connectivity index (χ3v) is 4.30. The van der Waals surface area contributed by atoms with Crippen molar-refractivity contribution in [3.05, 3.63) is 33.8 Å². The van der Waals surface area contributed by atoms with Gasteiger partial charge in [-0.3, -0.25) is 14.3 Å². The van der Waals surface area contributed by atoms with E-state index >= 15 is 0 Å². The minimum Gasteiger partial charge on any atom is -0.355 e. The van der Waals surface area contributed by atoms with Gasteiger partial charge in [0.1, 0.15) is 11.6 Å². The third kappa shape index (κ3) is 5.19. The lowest BCUT2D eigenvalue weighted by Crippen LogP contribution is -2.32. The van der Waals surface area contributed by atoms with Crippen LogP contribution in [0.1, 0.15) is 30.7 Å². The number of hydrogen-bond donors (Lipinski definition) is 2. The second kappa shape index (κ2) is 8.09. The molecule has 0 fully saturated rings. The Bertz CT molecular complexity index is 770. The highest BCUT2D eigenvalue weighted by atomic mass is 32.2. The number of carbonyl (C=O) groups is 1. The van der Waals surface area contributed by atoms with E-state index in [2.05, 4.69) is 25.4 Å². The minimum absolute atomic E-state index is 0.0874. The van der Waals surface area contributed by atoms with Gasteiger partial charge >= 0.3 is 0 Å². The van der Waals surface area contributed by atoms with Gasteiger partial charge in [-0.25, -0.2) is 9.97 Å². The maximum atomic E-state index is 12.1. The molecule has 0 saturated carbocycles. The van der Waals surface area contributed by atoms with Gasteiger partial charge in [-0.1, -0.05) is 11.8 Å². The molecule has 0 spiro atoms. The van der Waals surface area contributed by atoms with Crippen LogP contribution in [0.15, 0.2) is 16.0 Å². The number of hydrogen-bond acceptors (Lipinski definition) is 6. The maximum Gasteiger partial charge on any atom is 0.251 e. The number of aromatic nitrogens is 5. The van der Waals surface area contributed by atoms with Gasteiger partial charge < -0.3 is 10.3 Å². The fraction of sp³-hybridized carbons (Fsp3) is 0.533. The number of carbonyl (C=O) groups excluding carboxylic acids is 1. The molecule has 0 radical (unpaired) electrons. The molecule has 0 aliphatic carbocycles. The predicted molar refractivity (Wildman–Crippen MR) is 92.0 cm³/mol. The van der Waals surface area contributed by atoms with Crippen molar-refractivity contribution >= 4 is 17.7 Å². The van der Waals surface area contributed by atoms with Crippen molar-refractivity contribution in [2.45, 2.75) is 51.1 Å². The molecule has 8 nitrogen and oxygen atoms in total. The fourth-order valence-corrected chi connectivity index (χ4v) is 3.07. The van der Waals surface area contributed by atoms with Crippen LogP contribution in [0.4, 0.5) is 0 Å².